The first-order valence-electron chi connectivity index (χ1n) is 6.09. The van der Waals surface area contributed by atoms with Crippen LogP contribution < -0.4 is 4.74 Å². The van der Waals surface area contributed by atoms with E-state index in [1.807, 2.05) is 38.1 Å². The molecule has 0 heterocycles. The largest absolute Gasteiger partial charge is 0.496 e. The maximum atomic E-state index is 12.7. The summed E-state index contributed by atoms with van der Waals surface area (Å²) in [6.45, 7) is 3.96. The quantitative estimate of drug-likeness (QED) is 0.676. The van der Waals surface area contributed by atoms with Gasteiger partial charge >= 0.3 is 0 Å². The van der Waals surface area contributed by atoms with E-state index in [9.17, 15) is 4.79 Å². The molecule has 0 N–H and O–H groups in total. The van der Waals surface area contributed by atoms with E-state index in [0.717, 1.165) is 20.1 Å². The Hall–Kier alpha value is -1.13. The predicted molar refractivity (Wildman–Crippen MR) is 87.7 cm³/mol. The minimum Gasteiger partial charge on any atom is -0.496 e. The average molecular weight is 398 g/mol. The Balaban J connectivity index is 2.56. The fourth-order valence-corrected chi connectivity index (χ4v) is 3.28. The van der Waals surface area contributed by atoms with Gasteiger partial charge in [0.25, 0.3) is 0 Å². The summed E-state index contributed by atoms with van der Waals surface area (Å²) in [4.78, 5) is 12.7. The molecule has 0 spiro atoms. The van der Waals surface area contributed by atoms with E-state index in [0.29, 0.717) is 16.9 Å². The van der Waals surface area contributed by atoms with Crippen molar-refractivity contribution < 1.29 is 9.53 Å². The van der Waals surface area contributed by atoms with Gasteiger partial charge in [-0.15, -0.1) is 0 Å². The number of ether oxygens (including phenoxy) is 1. The van der Waals surface area contributed by atoms with Crippen LogP contribution in [-0.2, 0) is 0 Å². The van der Waals surface area contributed by atoms with E-state index in [2.05, 4.69) is 31.9 Å². The fourth-order valence-electron chi connectivity index (χ4n) is 2.05. The van der Waals surface area contributed by atoms with E-state index in [1.165, 1.54) is 0 Å². The van der Waals surface area contributed by atoms with Crippen molar-refractivity contribution in [1.82, 2.24) is 0 Å². The number of hydrogen-bond donors (Lipinski definition) is 0. The van der Waals surface area contributed by atoms with Crippen LogP contribution in [-0.4, -0.2) is 12.9 Å². The smallest absolute Gasteiger partial charge is 0.197 e. The van der Waals surface area contributed by atoms with Crippen LogP contribution in [0.4, 0.5) is 0 Å². The van der Waals surface area contributed by atoms with Crippen LogP contribution in [0.1, 0.15) is 27.0 Å². The van der Waals surface area contributed by atoms with E-state index < -0.39 is 0 Å². The molecule has 0 aromatic heterocycles. The Morgan fingerprint density at radius 1 is 1.05 bits per heavy atom. The summed E-state index contributed by atoms with van der Waals surface area (Å²) in [7, 11) is 1.59. The zero-order chi connectivity index (χ0) is 14.9. The molecule has 20 heavy (non-hydrogen) atoms. The lowest BCUT2D eigenvalue weighted by atomic mass is 9.98. The van der Waals surface area contributed by atoms with E-state index in [-0.39, 0.29) is 5.78 Å². The third kappa shape index (κ3) is 2.81. The second kappa shape index (κ2) is 6.10. The summed E-state index contributed by atoms with van der Waals surface area (Å²) >= 11 is 6.82. The lowest BCUT2D eigenvalue weighted by Crippen LogP contribution is -2.06. The molecular weight excluding hydrogens is 384 g/mol. The minimum atomic E-state index is -0.0516. The molecule has 0 saturated carbocycles. The van der Waals surface area contributed by atoms with Crippen molar-refractivity contribution in [3.05, 3.63) is 61.5 Å². The molecular formula is C16H14Br2O2. The number of carbonyl (C=O) groups excluding carboxylic acids is 1. The highest BCUT2D eigenvalue weighted by molar-refractivity contribution is 9.11. The van der Waals surface area contributed by atoms with Gasteiger partial charge in [0.2, 0.25) is 0 Å². The second-order valence-corrected chi connectivity index (χ2v) is 6.31. The normalized spacial score (nSPS) is 10.4. The molecule has 2 nitrogen and oxygen atoms in total. The van der Waals surface area contributed by atoms with Crippen LogP contribution >= 0.6 is 31.9 Å². The number of aryl methyl sites for hydroxylation is 1. The van der Waals surface area contributed by atoms with Crippen LogP contribution in [0, 0.1) is 13.8 Å². The lowest BCUT2D eigenvalue weighted by Gasteiger charge is -2.13. The maximum Gasteiger partial charge on any atom is 0.197 e. The number of carbonyl (C=O) groups is 1. The van der Waals surface area contributed by atoms with E-state index in [4.69, 9.17) is 4.74 Å². The monoisotopic (exact) mass is 396 g/mol. The zero-order valence-electron chi connectivity index (χ0n) is 11.5. The van der Waals surface area contributed by atoms with Crippen molar-refractivity contribution in [3.8, 4) is 5.75 Å². The molecule has 104 valence electrons. The number of benzene rings is 2. The van der Waals surface area contributed by atoms with Crippen molar-refractivity contribution in [2.75, 3.05) is 7.11 Å². The van der Waals surface area contributed by atoms with E-state index in [1.54, 1.807) is 13.2 Å². The fraction of sp³-hybridized carbons (Fsp3) is 0.188. The second-order valence-electron chi connectivity index (χ2n) is 4.54. The average Bonchev–Trinajstić information content (AvgIpc) is 2.41. The predicted octanol–water partition coefficient (Wildman–Crippen LogP) is 5.07. The highest BCUT2D eigenvalue weighted by Gasteiger charge is 2.19. The summed E-state index contributed by atoms with van der Waals surface area (Å²) in [6.07, 6.45) is 0. The van der Waals surface area contributed by atoms with Crippen LogP contribution in [0.2, 0.25) is 0 Å². The van der Waals surface area contributed by atoms with Crippen molar-refractivity contribution in [2.45, 2.75) is 13.8 Å². The number of halogens is 2. The third-order valence-corrected chi connectivity index (χ3v) is 4.45. The van der Waals surface area contributed by atoms with Gasteiger partial charge in [0.15, 0.2) is 5.78 Å². The number of methoxy groups -OCH3 is 1. The topological polar surface area (TPSA) is 26.3 Å². The Bertz CT molecular complexity index is 678. The van der Waals surface area contributed by atoms with Gasteiger partial charge < -0.3 is 4.74 Å². The van der Waals surface area contributed by atoms with Gasteiger partial charge in [-0.05, 0) is 65.2 Å². The van der Waals surface area contributed by atoms with E-state index >= 15 is 0 Å². The van der Waals surface area contributed by atoms with Crippen LogP contribution in [0.15, 0.2) is 39.3 Å². The maximum absolute atomic E-state index is 12.7. The number of ketones is 1. The molecule has 0 unspecified atom stereocenters. The van der Waals surface area contributed by atoms with Gasteiger partial charge in [-0.1, -0.05) is 22.0 Å². The Labute approximate surface area is 135 Å². The molecule has 0 aliphatic heterocycles. The zero-order valence-corrected chi connectivity index (χ0v) is 14.6. The molecule has 0 amide bonds. The van der Waals surface area contributed by atoms with Gasteiger partial charge in [0, 0.05) is 14.5 Å². The molecule has 2 aromatic carbocycles. The van der Waals surface area contributed by atoms with Crippen molar-refractivity contribution in [3.63, 3.8) is 0 Å². The standard InChI is InChI=1S/C16H14Br2O2/c1-9-4-6-13(16(20-3)10(9)2)15(19)12-7-5-11(17)8-14(12)18/h4-8H,1-3H3. The molecule has 0 bridgehead atoms. The van der Waals surface area contributed by atoms with Crippen molar-refractivity contribution in [2.24, 2.45) is 0 Å². The van der Waals surface area contributed by atoms with Crippen LogP contribution in [0.3, 0.4) is 0 Å². The molecule has 0 aliphatic rings. The molecule has 0 aliphatic carbocycles. The molecule has 0 saturated heterocycles. The van der Waals surface area contributed by atoms with Crippen molar-refractivity contribution >= 4 is 37.6 Å². The molecule has 0 radical (unpaired) electrons. The SMILES string of the molecule is COc1c(C(=O)c2ccc(Br)cc2Br)ccc(C)c1C. The highest BCUT2D eigenvalue weighted by Crippen LogP contribution is 2.31. The first kappa shape index (κ1) is 15.3. The molecule has 2 aromatic rings. The molecule has 0 atom stereocenters. The summed E-state index contributed by atoms with van der Waals surface area (Å²) in [5, 5.41) is 0. The summed E-state index contributed by atoms with van der Waals surface area (Å²) in [6, 6.07) is 9.27. The van der Waals surface area contributed by atoms with Gasteiger partial charge in [-0.3, -0.25) is 4.79 Å². The molecule has 4 heteroatoms. The Kier molecular flexibility index (Phi) is 4.66. The first-order chi connectivity index (χ1) is 9.45. The molecule has 2 rings (SSSR count). The van der Waals surface area contributed by atoms with Gasteiger partial charge in [-0.25, -0.2) is 0 Å². The van der Waals surface area contributed by atoms with Gasteiger partial charge in [0.1, 0.15) is 5.75 Å². The van der Waals surface area contributed by atoms with Gasteiger partial charge in [0.05, 0.1) is 12.7 Å². The highest BCUT2D eigenvalue weighted by atomic mass is 79.9. The minimum absolute atomic E-state index is 0.0516. The lowest BCUT2D eigenvalue weighted by molar-refractivity contribution is 0.103. The Morgan fingerprint density at radius 3 is 2.30 bits per heavy atom. The summed E-state index contributed by atoms with van der Waals surface area (Å²) in [5.41, 5.74) is 3.30. The number of hydrogen-bond acceptors (Lipinski definition) is 2. The third-order valence-electron chi connectivity index (χ3n) is 3.30. The molecule has 0 fully saturated rings. The summed E-state index contributed by atoms with van der Waals surface area (Å²) in [5.74, 6) is 0.592. The van der Waals surface area contributed by atoms with Crippen LogP contribution in [0.5, 0.6) is 5.75 Å². The number of rotatable bonds is 3. The van der Waals surface area contributed by atoms with Crippen molar-refractivity contribution in [1.29, 1.82) is 0 Å². The Morgan fingerprint density at radius 2 is 1.70 bits per heavy atom. The first-order valence-corrected chi connectivity index (χ1v) is 7.68. The van der Waals surface area contributed by atoms with Gasteiger partial charge in [-0.2, -0.15) is 0 Å². The summed E-state index contributed by atoms with van der Waals surface area (Å²) < 4.78 is 7.10. The van der Waals surface area contributed by atoms with Crippen LogP contribution in [0.25, 0.3) is 0 Å².